The van der Waals surface area contributed by atoms with Crippen molar-refractivity contribution >= 4 is 53.7 Å². The first kappa shape index (κ1) is 79.2. The van der Waals surface area contributed by atoms with E-state index in [1.165, 1.54) is 0 Å². The van der Waals surface area contributed by atoms with Gasteiger partial charge in [0.25, 0.3) is 0 Å². The van der Waals surface area contributed by atoms with Crippen LogP contribution in [0.1, 0.15) is 271 Å². The van der Waals surface area contributed by atoms with Crippen LogP contribution in [-0.4, -0.2) is 137 Å². The molecule has 82 heavy (non-hydrogen) atoms. The summed E-state index contributed by atoms with van der Waals surface area (Å²) in [7, 11) is 0. The number of rotatable bonds is 52. The smallest absolute Gasteiger partial charge is 0.305 e. The van der Waals surface area contributed by atoms with Gasteiger partial charge in [-0.1, -0.05) is 33.1 Å². The van der Waals surface area contributed by atoms with Gasteiger partial charge in [0, 0.05) is 71.0 Å². The van der Waals surface area contributed by atoms with Crippen LogP contribution >= 0.6 is 0 Å². The Morgan fingerprint density at radius 1 is 0.305 bits per heavy atom. The molecule has 1 rings (SSSR count). The standard InChI is InChI=1S/C52H90O17.C6H10O2.C4H10O/c1-2-3-37-62-45(54)29-13-5-21-39-64-47(56)31-15-7-23-41-66-49(58)33-17-9-25-43-68-51(60)35-19-11-27-44-69-52(61)34-18-10-26-42-67-50(59)32-16-8-24-40-65-48(57)30-14-6-22-38-63-46(55)28-12-4-20-36-53;7-6-4-2-1-3-5-8-6;1-2-3-4-5/h53H,2-44H2,1H3;1-5H2;5H,2-4H2,1H3. The molecule has 0 atom stereocenters. The van der Waals surface area contributed by atoms with Gasteiger partial charge in [-0.25, -0.2) is 0 Å². The highest BCUT2D eigenvalue weighted by atomic mass is 16.6. The quantitative estimate of drug-likeness (QED) is 0.0325. The fraction of sp³-hybridized carbons (Fsp3) is 0.855. The number of aliphatic hydroxyl groups excluding tert-OH is 2. The summed E-state index contributed by atoms with van der Waals surface area (Å²) in [6.45, 7) is 7.91. The van der Waals surface area contributed by atoms with Crippen LogP contribution in [0.5, 0.6) is 0 Å². The molecule has 0 unspecified atom stereocenters. The summed E-state index contributed by atoms with van der Waals surface area (Å²) in [5.74, 6) is -1.98. The van der Waals surface area contributed by atoms with E-state index in [-0.39, 0.29) is 60.3 Å². The van der Waals surface area contributed by atoms with E-state index in [1.807, 2.05) is 6.92 Å². The highest BCUT2D eigenvalue weighted by molar-refractivity contribution is 5.72. The zero-order valence-electron chi connectivity index (χ0n) is 50.8. The highest BCUT2D eigenvalue weighted by Crippen LogP contribution is 2.12. The molecule has 478 valence electrons. The summed E-state index contributed by atoms with van der Waals surface area (Å²) < 4.78 is 46.6. The number of cyclic esters (lactones) is 1. The van der Waals surface area contributed by atoms with Gasteiger partial charge in [-0.3, -0.25) is 43.2 Å². The minimum absolute atomic E-state index is 0.0255. The number of esters is 9. The van der Waals surface area contributed by atoms with Crippen molar-refractivity contribution < 1.29 is 96.0 Å². The van der Waals surface area contributed by atoms with E-state index in [9.17, 15) is 43.2 Å². The summed E-state index contributed by atoms with van der Waals surface area (Å²) in [5.41, 5.74) is 0. The lowest BCUT2D eigenvalue weighted by molar-refractivity contribution is -0.146. The van der Waals surface area contributed by atoms with Gasteiger partial charge in [-0.2, -0.15) is 0 Å². The van der Waals surface area contributed by atoms with E-state index in [0.29, 0.717) is 220 Å². The molecule has 0 aliphatic carbocycles. The zero-order valence-corrected chi connectivity index (χ0v) is 50.8. The Kier molecular flexibility index (Phi) is 61.6. The molecule has 0 aromatic heterocycles. The van der Waals surface area contributed by atoms with Crippen molar-refractivity contribution in [2.45, 2.75) is 271 Å². The minimum Gasteiger partial charge on any atom is -0.466 e. The second-order valence-corrected chi connectivity index (χ2v) is 20.4. The third kappa shape index (κ3) is 64.3. The van der Waals surface area contributed by atoms with Crippen molar-refractivity contribution in [3.05, 3.63) is 0 Å². The van der Waals surface area contributed by atoms with Crippen LogP contribution in [-0.2, 0) is 85.8 Å². The molecular weight excluding hydrogens is 1060 g/mol. The number of carbonyl (C=O) groups is 9. The van der Waals surface area contributed by atoms with Crippen LogP contribution in [0.3, 0.4) is 0 Å². The van der Waals surface area contributed by atoms with Crippen molar-refractivity contribution in [2.24, 2.45) is 0 Å². The summed E-state index contributed by atoms with van der Waals surface area (Å²) in [4.78, 5) is 105. The number of unbranched alkanes of at least 4 members (excludes halogenated alkanes) is 18. The van der Waals surface area contributed by atoms with Crippen LogP contribution in [0.2, 0.25) is 0 Å². The molecule has 0 amide bonds. The van der Waals surface area contributed by atoms with E-state index in [2.05, 4.69) is 6.92 Å². The lowest BCUT2D eigenvalue weighted by atomic mass is 10.2. The number of hydrogen-bond donors (Lipinski definition) is 2. The normalized spacial score (nSPS) is 11.7. The van der Waals surface area contributed by atoms with E-state index in [0.717, 1.165) is 103 Å². The lowest BCUT2D eigenvalue weighted by Gasteiger charge is -2.07. The Morgan fingerprint density at radius 2 is 0.537 bits per heavy atom. The molecule has 1 aliphatic rings. The molecule has 0 radical (unpaired) electrons. The van der Waals surface area contributed by atoms with Crippen LogP contribution in [0.4, 0.5) is 0 Å². The summed E-state index contributed by atoms with van der Waals surface area (Å²) in [6.07, 6.45) is 27.2. The molecule has 0 bridgehead atoms. The Balaban J connectivity index is 0. The molecule has 1 heterocycles. The second-order valence-electron chi connectivity index (χ2n) is 20.4. The third-order valence-electron chi connectivity index (χ3n) is 12.6. The fourth-order valence-electron chi connectivity index (χ4n) is 7.57. The summed E-state index contributed by atoms with van der Waals surface area (Å²) in [5, 5.41) is 16.8. The van der Waals surface area contributed by atoms with Crippen molar-refractivity contribution in [2.75, 3.05) is 72.7 Å². The lowest BCUT2D eigenvalue weighted by Crippen LogP contribution is -2.08. The first-order valence-electron chi connectivity index (χ1n) is 31.5. The molecule has 0 aromatic rings. The van der Waals surface area contributed by atoms with Crippen LogP contribution in [0.25, 0.3) is 0 Å². The van der Waals surface area contributed by atoms with Gasteiger partial charge < -0.3 is 52.8 Å². The van der Waals surface area contributed by atoms with E-state index in [1.54, 1.807) is 0 Å². The average molecular weight is 1180 g/mol. The van der Waals surface area contributed by atoms with E-state index in [4.69, 9.17) is 52.8 Å². The SMILES string of the molecule is CCCCO.CCCCOC(=O)CCCCCOC(=O)CCCCCOC(=O)CCCCCOC(=O)CCCCCOC(=O)CCCCCOC(=O)CCCCCOC(=O)CCCCCOC(=O)CCCCCO.O=C1CCCCCO1. The molecule has 0 aromatic carbocycles. The number of aliphatic hydroxyl groups is 2. The summed E-state index contributed by atoms with van der Waals surface area (Å²) >= 11 is 0. The molecule has 0 spiro atoms. The maximum atomic E-state index is 12.0. The van der Waals surface area contributed by atoms with Crippen LogP contribution in [0.15, 0.2) is 0 Å². The van der Waals surface area contributed by atoms with Crippen molar-refractivity contribution in [3.63, 3.8) is 0 Å². The van der Waals surface area contributed by atoms with Crippen molar-refractivity contribution in [1.82, 2.24) is 0 Å². The van der Waals surface area contributed by atoms with Crippen LogP contribution in [0, 0.1) is 0 Å². The molecule has 0 saturated carbocycles. The molecular formula is C62H110O20. The van der Waals surface area contributed by atoms with Gasteiger partial charge >= 0.3 is 53.7 Å². The number of ether oxygens (including phenoxy) is 9. The first-order valence-corrected chi connectivity index (χ1v) is 31.5. The molecule has 1 aliphatic heterocycles. The highest BCUT2D eigenvalue weighted by Gasteiger charge is 2.11. The molecule has 2 N–H and O–H groups in total. The van der Waals surface area contributed by atoms with Gasteiger partial charge in [0.1, 0.15) is 0 Å². The Bertz CT molecular complexity index is 1580. The van der Waals surface area contributed by atoms with Crippen molar-refractivity contribution in [1.29, 1.82) is 0 Å². The number of carbonyl (C=O) groups excluding carboxylic acids is 9. The van der Waals surface area contributed by atoms with Crippen LogP contribution < -0.4 is 0 Å². The number of hydrogen-bond acceptors (Lipinski definition) is 20. The molecule has 1 saturated heterocycles. The fourth-order valence-corrected chi connectivity index (χ4v) is 7.57. The third-order valence-corrected chi connectivity index (χ3v) is 12.6. The minimum atomic E-state index is -0.270. The predicted octanol–water partition coefficient (Wildman–Crippen LogP) is 11.5. The molecule has 20 heteroatoms. The zero-order chi connectivity index (χ0) is 60.6. The maximum Gasteiger partial charge on any atom is 0.305 e. The van der Waals surface area contributed by atoms with E-state index >= 15 is 0 Å². The van der Waals surface area contributed by atoms with E-state index < -0.39 is 0 Å². The van der Waals surface area contributed by atoms with Crippen molar-refractivity contribution in [3.8, 4) is 0 Å². The largest absolute Gasteiger partial charge is 0.466 e. The Morgan fingerprint density at radius 3 is 0.756 bits per heavy atom. The first-order chi connectivity index (χ1) is 39.9. The van der Waals surface area contributed by atoms with Gasteiger partial charge in [0.05, 0.1) is 59.5 Å². The molecule has 20 nitrogen and oxygen atoms in total. The van der Waals surface area contributed by atoms with Gasteiger partial charge in [0.15, 0.2) is 0 Å². The van der Waals surface area contributed by atoms with Gasteiger partial charge in [-0.05, 0) is 180 Å². The maximum absolute atomic E-state index is 12.0. The van der Waals surface area contributed by atoms with Gasteiger partial charge in [0.2, 0.25) is 0 Å². The topological polar surface area (TPSA) is 277 Å². The Labute approximate surface area is 491 Å². The molecule has 1 fully saturated rings. The summed E-state index contributed by atoms with van der Waals surface area (Å²) in [6, 6.07) is 0. The predicted molar refractivity (Wildman–Crippen MR) is 309 cm³/mol. The monoisotopic (exact) mass is 1170 g/mol. The second kappa shape index (κ2) is 63.7. The van der Waals surface area contributed by atoms with Gasteiger partial charge in [-0.15, -0.1) is 0 Å². The average Bonchev–Trinajstić information content (AvgIpc) is 3.71. The Hall–Kier alpha value is -4.85.